The van der Waals surface area contributed by atoms with E-state index < -0.39 is 23.6 Å². The number of nitrogens with two attached hydrogens (primary N) is 2. The number of carbonyl (C=O) groups is 4. The molecule has 0 radical (unpaired) electrons. The highest BCUT2D eigenvalue weighted by Gasteiger charge is 2.07. The quantitative estimate of drug-likeness (QED) is 0.0554. The van der Waals surface area contributed by atoms with Crippen molar-refractivity contribution in [1.29, 1.82) is 0 Å². The lowest BCUT2D eigenvalue weighted by molar-refractivity contribution is -0.131. The Balaban J connectivity index is 3.34. The maximum absolute atomic E-state index is 11.2. The summed E-state index contributed by atoms with van der Waals surface area (Å²) in [5, 5.41) is 0. The average Bonchev–Trinajstić information content (AvgIpc) is 2.56. The number of carbonyl (C=O) groups excluding carboxylic acids is 4. The molecule has 0 atom stereocenters. The maximum Gasteiger partial charge on any atom is 0.243 e. The number of amides is 4. The van der Waals surface area contributed by atoms with Crippen molar-refractivity contribution in [2.75, 3.05) is 13.1 Å². The molecule has 0 aliphatic rings. The summed E-state index contributed by atoms with van der Waals surface area (Å²) in [6.45, 7) is 1.16. The van der Waals surface area contributed by atoms with Gasteiger partial charge in [-0.25, -0.2) is 22.5 Å². The first kappa shape index (κ1) is 21.7. The third kappa shape index (κ3) is 13.4. The Hall–Kier alpha value is -2.28. The molecule has 0 heterocycles. The van der Waals surface area contributed by atoms with Crippen LogP contribution in [0, 0.1) is 0 Å². The van der Waals surface area contributed by atoms with E-state index in [-0.39, 0.29) is 12.8 Å². The number of unbranched alkanes of at least 4 members (excludes halogenated alkanes) is 3. The summed E-state index contributed by atoms with van der Waals surface area (Å²) < 4.78 is 0. The summed E-state index contributed by atoms with van der Waals surface area (Å²) >= 11 is 0. The fourth-order valence-corrected chi connectivity index (χ4v) is 1.58. The molecule has 0 bridgehead atoms. The van der Waals surface area contributed by atoms with Gasteiger partial charge in [-0.2, -0.15) is 0 Å². The molecule has 12 heteroatoms. The van der Waals surface area contributed by atoms with Crippen LogP contribution in [0.15, 0.2) is 0 Å². The molecule has 0 spiro atoms. The number of hydrogen-bond donors (Lipinski definition) is 8. The molecule has 0 fully saturated rings. The molecule has 24 heavy (non-hydrogen) atoms. The Bertz CT molecular complexity index is 380. The van der Waals surface area contributed by atoms with Crippen LogP contribution in [0.1, 0.15) is 38.5 Å². The van der Waals surface area contributed by atoms with Crippen molar-refractivity contribution in [3.8, 4) is 0 Å². The zero-order valence-electron chi connectivity index (χ0n) is 13.4. The van der Waals surface area contributed by atoms with E-state index in [4.69, 9.17) is 11.7 Å². The van der Waals surface area contributed by atoms with Gasteiger partial charge in [0.15, 0.2) is 0 Å². The van der Waals surface area contributed by atoms with Crippen LogP contribution in [-0.2, 0) is 19.2 Å². The second-order valence-electron chi connectivity index (χ2n) is 4.85. The van der Waals surface area contributed by atoms with Gasteiger partial charge >= 0.3 is 0 Å². The van der Waals surface area contributed by atoms with Gasteiger partial charge in [-0.3, -0.25) is 40.9 Å². The summed E-state index contributed by atoms with van der Waals surface area (Å²) in [6, 6.07) is 0. The van der Waals surface area contributed by atoms with Crippen LogP contribution < -0.4 is 44.2 Å². The van der Waals surface area contributed by atoms with Crippen LogP contribution in [0.4, 0.5) is 0 Å². The molecule has 0 aliphatic heterocycles. The number of hydrazine groups is 4. The van der Waals surface area contributed by atoms with Crippen molar-refractivity contribution < 1.29 is 19.2 Å². The molecular weight excluding hydrogens is 320 g/mol. The second kappa shape index (κ2) is 14.3. The molecular formula is C12H26N8O4. The van der Waals surface area contributed by atoms with Gasteiger partial charge in [-0.1, -0.05) is 12.8 Å². The lowest BCUT2D eigenvalue weighted by Gasteiger charge is -2.08. The molecule has 10 N–H and O–H groups in total. The molecule has 0 saturated heterocycles. The SMILES string of the molecule is NNC(=O)CC(=O)NNCCCCCCNNC(=O)CC(=O)NN. The Morgan fingerprint density at radius 1 is 0.583 bits per heavy atom. The highest BCUT2D eigenvalue weighted by atomic mass is 16.2. The minimum Gasteiger partial charge on any atom is -0.294 e. The van der Waals surface area contributed by atoms with Gasteiger partial charge in [-0.05, 0) is 12.8 Å². The van der Waals surface area contributed by atoms with E-state index in [1.165, 1.54) is 0 Å². The molecule has 12 nitrogen and oxygen atoms in total. The third-order valence-electron chi connectivity index (χ3n) is 2.77. The standard InChI is InChI=1S/C12H26N8O4/c13-17-9(21)7-11(23)19-15-5-3-1-2-4-6-16-20-12(24)8-10(22)18-14/h15-16H,1-8,13-14H2,(H,17,21)(H,18,22)(H,19,23)(H,20,24). The summed E-state index contributed by atoms with van der Waals surface area (Å²) in [7, 11) is 0. The number of nitrogens with one attached hydrogen (secondary N) is 6. The second-order valence-corrected chi connectivity index (χ2v) is 4.85. The van der Waals surface area contributed by atoms with Crippen molar-refractivity contribution in [2.45, 2.75) is 38.5 Å². The maximum atomic E-state index is 11.2. The van der Waals surface area contributed by atoms with Crippen molar-refractivity contribution in [3.63, 3.8) is 0 Å². The summed E-state index contributed by atoms with van der Waals surface area (Å²) in [6.07, 6.45) is 2.88. The predicted octanol–water partition coefficient (Wildman–Crippen LogP) is -3.45. The normalized spacial score (nSPS) is 9.92. The largest absolute Gasteiger partial charge is 0.294 e. The molecule has 0 aromatic rings. The van der Waals surface area contributed by atoms with Crippen molar-refractivity contribution in [2.24, 2.45) is 11.7 Å². The number of rotatable bonds is 13. The first-order chi connectivity index (χ1) is 11.5. The third-order valence-corrected chi connectivity index (χ3v) is 2.77. The van der Waals surface area contributed by atoms with Gasteiger partial charge in [0, 0.05) is 13.1 Å². The van der Waals surface area contributed by atoms with Crippen LogP contribution in [-0.4, -0.2) is 36.7 Å². The fourth-order valence-electron chi connectivity index (χ4n) is 1.58. The minimum absolute atomic E-state index is 0.326. The predicted molar refractivity (Wildman–Crippen MR) is 84.7 cm³/mol. The van der Waals surface area contributed by atoms with Gasteiger partial charge in [0.25, 0.3) is 0 Å². The molecule has 0 aliphatic carbocycles. The monoisotopic (exact) mass is 346 g/mol. The average molecular weight is 346 g/mol. The fraction of sp³-hybridized carbons (Fsp3) is 0.667. The van der Waals surface area contributed by atoms with E-state index in [1.54, 1.807) is 0 Å². The van der Waals surface area contributed by atoms with E-state index >= 15 is 0 Å². The lowest BCUT2D eigenvalue weighted by Crippen LogP contribution is -2.42. The van der Waals surface area contributed by atoms with Crippen molar-refractivity contribution in [1.82, 2.24) is 32.6 Å². The molecule has 0 aromatic heterocycles. The zero-order valence-corrected chi connectivity index (χ0v) is 13.4. The van der Waals surface area contributed by atoms with Gasteiger partial charge < -0.3 is 0 Å². The Kier molecular flexibility index (Phi) is 13.0. The van der Waals surface area contributed by atoms with E-state index in [1.807, 2.05) is 10.9 Å². The van der Waals surface area contributed by atoms with E-state index in [0.717, 1.165) is 25.7 Å². The van der Waals surface area contributed by atoms with Crippen LogP contribution in [0.5, 0.6) is 0 Å². The van der Waals surface area contributed by atoms with Crippen molar-refractivity contribution >= 4 is 23.6 Å². The first-order valence-electron chi connectivity index (χ1n) is 7.52. The Morgan fingerprint density at radius 3 is 1.29 bits per heavy atom. The topological polar surface area (TPSA) is 192 Å². The Morgan fingerprint density at radius 2 is 0.958 bits per heavy atom. The van der Waals surface area contributed by atoms with Crippen LogP contribution in [0.25, 0.3) is 0 Å². The van der Waals surface area contributed by atoms with Crippen molar-refractivity contribution in [3.05, 3.63) is 0 Å². The first-order valence-corrected chi connectivity index (χ1v) is 7.52. The molecule has 4 amide bonds. The van der Waals surface area contributed by atoms with Crippen LogP contribution in [0.3, 0.4) is 0 Å². The highest BCUT2D eigenvalue weighted by Crippen LogP contribution is 1.97. The highest BCUT2D eigenvalue weighted by molar-refractivity contribution is 5.96. The van der Waals surface area contributed by atoms with E-state index in [9.17, 15) is 19.2 Å². The molecule has 0 rings (SSSR count). The van der Waals surface area contributed by atoms with Gasteiger partial charge in [0.2, 0.25) is 23.6 Å². The lowest BCUT2D eigenvalue weighted by atomic mass is 10.2. The van der Waals surface area contributed by atoms with Gasteiger partial charge in [-0.15, -0.1) is 0 Å². The van der Waals surface area contributed by atoms with E-state index in [0.29, 0.717) is 13.1 Å². The number of hydrogen-bond acceptors (Lipinski definition) is 8. The van der Waals surface area contributed by atoms with Crippen LogP contribution in [0.2, 0.25) is 0 Å². The zero-order chi connectivity index (χ0) is 18.2. The van der Waals surface area contributed by atoms with E-state index in [2.05, 4.69) is 21.7 Å². The molecule has 0 aromatic carbocycles. The van der Waals surface area contributed by atoms with Gasteiger partial charge in [0.1, 0.15) is 12.8 Å². The smallest absolute Gasteiger partial charge is 0.243 e. The molecule has 0 saturated carbocycles. The molecule has 0 unspecified atom stereocenters. The summed E-state index contributed by atoms with van der Waals surface area (Å²) in [5.41, 5.74) is 13.9. The summed E-state index contributed by atoms with van der Waals surface area (Å²) in [5.74, 6) is 7.69. The summed E-state index contributed by atoms with van der Waals surface area (Å²) in [4.78, 5) is 44.0. The minimum atomic E-state index is -0.558. The van der Waals surface area contributed by atoms with Crippen LogP contribution >= 0.6 is 0 Å². The van der Waals surface area contributed by atoms with Gasteiger partial charge in [0.05, 0.1) is 0 Å². The molecule has 138 valence electrons. The Labute approximate surface area is 139 Å².